The third kappa shape index (κ3) is 2.17. The number of nitrogens with one attached hydrogen (secondary N) is 1. The topological polar surface area (TPSA) is 42.7 Å². The number of hydrogen-bond donors (Lipinski definition) is 1. The molecule has 0 bridgehead atoms. The molecular formula is C13H18N4. The van der Waals surface area contributed by atoms with Crippen LogP contribution in [0.25, 0.3) is 11.0 Å². The van der Waals surface area contributed by atoms with Crippen molar-refractivity contribution in [2.45, 2.75) is 19.3 Å². The predicted octanol–water partition coefficient (Wildman–Crippen LogP) is 1.51. The van der Waals surface area contributed by atoms with Gasteiger partial charge in [-0.05, 0) is 56.0 Å². The summed E-state index contributed by atoms with van der Waals surface area (Å²) < 4.78 is 1.85. The van der Waals surface area contributed by atoms with Crippen LogP contribution in [0.15, 0.2) is 18.2 Å². The molecular weight excluding hydrogens is 212 g/mol. The summed E-state index contributed by atoms with van der Waals surface area (Å²) in [6.07, 6.45) is 3.81. The van der Waals surface area contributed by atoms with Gasteiger partial charge in [0.2, 0.25) is 0 Å². The molecule has 0 radical (unpaired) electrons. The minimum absolute atomic E-state index is 0.780. The highest BCUT2D eigenvalue weighted by Gasteiger charge is 2.14. The average Bonchev–Trinajstić information content (AvgIpc) is 2.73. The van der Waals surface area contributed by atoms with E-state index in [1.807, 2.05) is 11.7 Å². The Bertz CT molecular complexity index is 511. The summed E-state index contributed by atoms with van der Waals surface area (Å²) >= 11 is 0. The van der Waals surface area contributed by atoms with Crippen molar-refractivity contribution in [2.75, 3.05) is 13.1 Å². The molecule has 17 heavy (non-hydrogen) atoms. The highest BCUT2D eigenvalue weighted by molar-refractivity contribution is 5.74. The molecule has 1 N–H and O–H groups in total. The zero-order chi connectivity index (χ0) is 11.7. The molecule has 1 fully saturated rings. The summed E-state index contributed by atoms with van der Waals surface area (Å²) in [5.74, 6) is 0.780. The van der Waals surface area contributed by atoms with Crippen LogP contribution in [0.3, 0.4) is 0 Å². The molecule has 4 heteroatoms. The highest BCUT2D eigenvalue weighted by atomic mass is 15.4. The van der Waals surface area contributed by atoms with Gasteiger partial charge in [0.25, 0.3) is 0 Å². The van der Waals surface area contributed by atoms with Crippen LogP contribution >= 0.6 is 0 Å². The van der Waals surface area contributed by atoms with E-state index in [1.54, 1.807) is 0 Å². The van der Waals surface area contributed by atoms with Gasteiger partial charge in [-0.25, -0.2) is 4.68 Å². The molecule has 90 valence electrons. The van der Waals surface area contributed by atoms with Crippen LogP contribution < -0.4 is 5.32 Å². The maximum absolute atomic E-state index is 4.11. The lowest BCUT2D eigenvalue weighted by atomic mass is 9.92. The first kappa shape index (κ1) is 10.7. The molecule has 0 spiro atoms. The molecule has 4 nitrogen and oxygen atoms in total. The van der Waals surface area contributed by atoms with Crippen molar-refractivity contribution >= 4 is 11.0 Å². The SMILES string of the molecule is Cn1nnc2ccc(CC3CCCNC3)cc21. The van der Waals surface area contributed by atoms with E-state index in [2.05, 4.69) is 33.8 Å². The van der Waals surface area contributed by atoms with E-state index in [4.69, 9.17) is 0 Å². The zero-order valence-electron chi connectivity index (χ0n) is 10.2. The second-order valence-electron chi connectivity index (χ2n) is 4.95. The van der Waals surface area contributed by atoms with Crippen LogP contribution in [0, 0.1) is 5.92 Å². The molecule has 1 saturated heterocycles. The molecule has 0 aliphatic carbocycles. The molecule has 2 aromatic rings. The van der Waals surface area contributed by atoms with E-state index in [1.165, 1.54) is 24.9 Å². The Hall–Kier alpha value is -1.42. The molecule has 1 aromatic carbocycles. The van der Waals surface area contributed by atoms with E-state index < -0.39 is 0 Å². The van der Waals surface area contributed by atoms with Gasteiger partial charge in [0.05, 0.1) is 5.52 Å². The van der Waals surface area contributed by atoms with E-state index in [0.29, 0.717) is 0 Å². The van der Waals surface area contributed by atoms with Crippen LogP contribution in [-0.2, 0) is 13.5 Å². The summed E-state index contributed by atoms with van der Waals surface area (Å²) in [5.41, 5.74) is 3.51. The predicted molar refractivity (Wildman–Crippen MR) is 67.8 cm³/mol. The van der Waals surface area contributed by atoms with E-state index in [-0.39, 0.29) is 0 Å². The minimum Gasteiger partial charge on any atom is -0.316 e. The van der Waals surface area contributed by atoms with Crippen LogP contribution in [0.4, 0.5) is 0 Å². The summed E-state index contributed by atoms with van der Waals surface area (Å²) in [6, 6.07) is 6.49. The monoisotopic (exact) mass is 230 g/mol. The number of rotatable bonds is 2. The number of hydrogen-bond acceptors (Lipinski definition) is 3. The number of nitrogens with zero attached hydrogens (tertiary/aromatic N) is 3. The molecule has 1 unspecified atom stereocenters. The Kier molecular flexibility index (Phi) is 2.81. The molecule has 2 heterocycles. The van der Waals surface area contributed by atoms with Gasteiger partial charge in [-0.2, -0.15) is 0 Å². The van der Waals surface area contributed by atoms with Crippen LogP contribution in [0.1, 0.15) is 18.4 Å². The summed E-state index contributed by atoms with van der Waals surface area (Å²) in [7, 11) is 1.95. The third-order valence-corrected chi connectivity index (χ3v) is 3.60. The van der Waals surface area contributed by atoms with Gasteiger partial charge in [0.1, 0.15) is 5.52 Å². The molecule has 1 atom stereocenters. The summed E-state index contributed by atoms with van der Waals surface area (Å²) in [4.78, 5) is 0. The van der Waals surface area contributed by atoms with Gasteiger partial charge in [-0.3, -0.25) is 0 Å². The Balaban J connectivity index is 1.82. The van der Waals surface area contributed by atoms with E-state index >= 15 is 0 Å². The molecule has 1 aromatic heterocycles. The van der Waals surface area contributed by atoms with Gasteiger partial charge in [0.15, 0.2) is 0 Å². The Morgan fingerprint density at radius 3 is 3.24 bits per heavy atom. The first-order valence-electron chi connectivity index (χ1n) is 6.32. The molecule has 0 saturated carbocycles. The fourth-order valence-corrected chi connectivity index (χ4v) is 2.63. The van der Waals surface area contributed by atoms with Crippen molar-refractivity contribution < 1.29 is 0 Å². The average molecular weight is 230 g/mol. The third-order valence-electron chi connectivity index (χ3n) is 3.60. The molecule has 1 aliphatic heterocycles. The quantitative estimate of drug-likeness (QED) is 0.850. The van der Waals surface area contributed by atoms with Crippen LogP contribution in [0.5, 0.6) is 0 Å². The Labute approximate surface area is 101 Å². The number of aryl methyl sites for hydroxylation is 1. The van der Waals surface area contributed by atoms with Crippen molar-refractivity contribution in [1.82, 2.24) is 20.3 Å². The maximum Gasteiger partial charge on any atom is 0.113 e. The fraction of sp³-hybridized carbons (Fsp3) is 0.538. The lowest BCUT2D eigenvalue weighted by Crippen LogP contribution is -2.30. The van der Waals surface area contributed by atoms with Crippen molar-refractivity contribution in [3.8, 4) is 0 Å². The number of aromatic nitrogens is 3. The normalized spacial score (nSPS) is 20.9. The minimum atomic E-state index is 0.780. The number of fused-ring (bicyclic) bond motifs is 1. The fourth-order valence-electron chi connectivity index (χ4n) is 2.63. The van der Waals surface area contributed by atoms with Gasteiger partial charge < -0.3 is 5.32 Å². The van der Waals surface area contributed by atoms with Crippen LogP contribution in [0.2, 0.25) is 0 Å². The molecule has 0 amide bonds. The highest BCUT2D eigenvalue weighted by Crippen LogP contribution is 2.19. The van der Waals surface area contributed by atoms with Gasteiger partial charge >= 0.3 is 0 Å². The second kappa shape index (κ2) is 4.45. The smallest absolute Gasteiger partial charge is 0.113 e. The largest absolute Gasteiger partial charge is 0.316 e. The second-order valence-corrected chi connectivity index (χ2v) is 4.95. The van der Waals surface area contributed by atoms with Gasteiger partial charge in [-0.15, -0.1) is 5.10 Å². The number of benzene rings is 1. The Morgan fingerprint density at radius 2 is 2.41 bits per heavy atom. The van der Waals surface area contributed by atoms with Gasteiger partial charge in [0, 0.05) is 7.05 Å². The van der Waals surface area contributed by atoms with Gasteiger partial charge in [-0.1, -0.05) is 11.3 Å². The Morgan fingerprint density at radius 1 is 1.47 bits per heavy atom. The van der Waals surface area contributed by atoms with Crippen molar-refractivity contribution in [1.29, 1.82) is 0 Å². The van der Waals surface area contributed by atoms with Crippen molar-refractivity contribution in [3.63, 3.8) is 0 Å². The molecule has 1 aliphatic rings. The first-order chi connectivity index (χ1) is 8.33. The van der Waals surface area contributed by atoms with Crippen LogP contribution in [-0.4, -0.2) is 28.1 Å². The summed E-state index contributed by atoms with van der Waals surface area (Å²) in [6.45, 7) is 2.34. The van der Waals surface area contributed by atoms with E-state index in [9.17, 15) is 0 Å². The number of piperidine rings is 1. The van der Waals surface area contributed by atoms with E-state index in [0.717, 1.165) is 29.9 Å². The van der Waals surface area contributed by atoms with Crippen molar-refractivity contribution in [3.05, 3.63) is 23.8 Å². The lowest BCUT2D eigenvalue weighted by molar-refractivity contribution is 0.376. The zero-order valence-corrected chi connectivity index (χ0v) is 10.2. The molecule has 3 rings (SSSR count). The summed E-state index contributed by atoms with van der Waals surface area (Å²) in [5, 5.41) is 11.6. The standard InChI is InChI=1S/C13H18N4/c1-17-13-8-10(4-5-12(13)15-16-17)7-11-3-2-6-14-9-11/h4-5,8,11,14H,2-3,6-7,9H2,1H3. The first-order valence-corrected chi connectivity index (χ1v) is 6.32. The van der Waals surface area contributed by atoms with Crippen molar-refractivity contribution in [2.24, 2.45) is 13.0 Å². The maximum atomic E-state index is 4.11. The lowest BCUT2D eigenvalue weighted by Gasteiger charge is -2.22.